The summed E-state index contributed by atoms with van der Waals surface area (Å²) in [5, 5.41) is 9.38. The summed E-state index contributed by atoms with van der Waals surface area (Å²) in [6, 6.07) is 1.68. The van der Waals surface area contributed by atoms with Crippen molar-refractivity contribution in [3.8, 4) is 0 Å². The molecule has 90 valence electrons. The number of nitrogens with zero attached hydrogens (tertiary/aromatic N) is 1. The fraction of sp³-hybridized carbons (Fsp3) is 0.600. The number of aryl methyl sites for hydroxylation is 1. The first kappa shape index (κ1) is 12.7. The standard InChI is InChI=1S/C10H17N3O3/c1-8-7-9(13-16-8)12-10(14)3-4-11-5-6-15-2/h7,11H,3-6H2,1-2H3,(H,12,13,14). The average molecular weight is 227 g/mol. The third-order valence-corrected chi connectivity index (χ3v) is 1.91. The van der Waals surface area contributed by atoms with Crippen LogP contribution in [-0.4, -0.2) is 37.9 Å². The van der Waals surface area contributed by atoms with Crippen LogP contribution in [0.3, 0.4) is 0 Å². The van der Waals surface area contributed by atoms with Crippen LogP contribution in [0.25, 0.3) is 0 Å². The Hall–Kier alpha value is -1.40. The van der Waals surface area contributed by atoms with Gasteiger partial charge in [-0.05, 0) is 6.92 Å². The first-order chi connectivity index (χ1) is 7.72. The molecule has 0 aliphatic heterocycles. The van der Waals surface area contributed by atoms with Gasteiger partial charge in [0.1, 0.15) is 5.76 Å². The molecule has 0 saturated carbocycles. The van der Waals surface area contributed by atoms with Crippen LogP contribution in [0.15, 0.2) is 10.6 Å². The number of carbonyl (C=O) groups is 1. The summed E-state index contributed by atoms with van der Waals surface area (Å²) >= 11 is 0. The molecule has 0 unspecified atom stereocenters. The van der Waals surface area contributed by atoms with Crippen LogP contribution < -0.4 is 10.6 Å². The molecule has 0 aromatic carbocycles. The van der Waals surface area contributed by atoms with Crippen molar-refractivity contribution in [1.82, 2.24) is 10.5 Å². The van der Waals surface area contributed by atoms with E-state index in [9.17, 15) is 4.79 Å². The quantitative estimate of drug-likeness (QED) is 0.665. The first-order valence-electron chi connectivity index (χ1n) is 5.15. The van der Waals surface area contributed by atoms with E-state index in [-0.39, 0.29) is 5.91 Å². The van der Waals surface area contributed by atoms with Gasteiger partial charge in [0.05, 0.1) is 6.61 Å². The van der Waals surface area contributed by atoms with Gasteiger partial charge >= 0.3 is 0 Å². The van der Waals surface area contributed by atoms with Gasteiger partial charge in [0.2, 0.25) is 5.91 Å². The monoisotopic (exact) mass is 227 g/mol. The summed E-state index contributed by atoms with van der Waals surface area (Å²) in [4.78, 5) is 11.4. The van der Waals surface area contributed by atoms with Crippen LogP contribution in [0.1, 0.15) is 12.2 Å². The molecule has 0 radical (unpaired) electrons. The molecule has 0 bridgehead atoms. The minimum atomic E-state index is -0.0850. The minimum absolute atomic E-state index is 0.0850. The van der Waals surface area contributed by atoms with E-state index in [1.54, 1.807) is 20.1 Å². The average Bonchev–Trinajstić information content (AvgIpc) is 2.63. The van der Waals surface area contributed by atoms with E-state index in [0.717, 1.165) is 6.54 Å². The highest BCUT2D eigenvalue weighted by atomic mass is 16.5. The van der Waals surface area contributed by atoms with Crippen LogP contribution in [0.5, 0.6) is 0 Å². The molecule has 0 saturated heterocycles. The third-order valence-electron chi connectivity index (χ3n) is 1.91. The predicted molar refractivity (Wildman–Crippen MR) is 59.2 cm³/mol. The molecule has 1 aromatic heterocycles. The molecule has 16 heavy (non-hydrogen) atoms. The Morgan fingerprint density at radius 1 is 1.56 bits per heavy atom. The highest BCUT2D eigenvalue weighted by Gasteiger charge is 2.05. The predicted octanol–water partition coefficient (Wildman–Crippen LogP) is 0.548. The second-order valence-corrected chi connectivity index (χ2v) is 3.36. The number of hydrogen-bond donors (Lipinski definition) is 2. The van der Waals surface area contributed by atoms with Crippen molar-refractivity contribution in [1.29, 1.82) is 0 Å². The van der Waals surface area contributed by atoms with Gasteiger partial charge < -0.3 is 19.9 Å². The zero-order valence-electron chi connectivity index (χ0n) is 9.58. The van der Waals surface area contributed by atoms with Crippen molar-refractivity contribution in [2.75, 3.05) is 32.1 Å². The molecule has 0 aliphatic carbocycles. The largest absolute Gasteiger partial charge is 0.383 e. The zero-order valence-corrected chi connectivity index (χ0v) is 9.58. The molecule has 0 atom stereocenters. The molecule has 6 heteroatoms. The van der Waals surface area contributed by atoms with Gasteiger partial charge in [-0.15, -0.1) is 0 Å². The van der Waals surface area contributed by atoms with Gasteiger partial charge in [-0.1, -0.05) is 5.16 Å². The Kier molecular flexibility index (Phi) is 5.52. The molecule has 0 aliphatic rings. The van der Waals surface area contributed by atoms with Gasteiger partial charge in [-0.25, -0.2) is 0 Å². The number of ether oxygens (including phenoxy) is 1. The van der Waals surface area contributed by atoms with E-state index in [0.29, 0.717) is 31.2 Å². The Bertz CT molecular complexity index is 325. The highest BCUT2D eigenvalue weighted by Crippen LogP contribution is 2.06. The number of hydrogen-bond acceptors (Lipinski definition) is 5. The molecule has 1 aromatic rings. The van der Waals surface area contributed by atoms with Gasteiger partial charge in [-0.3, -0.25) is 4.79 Å². The van der Waals surface area contributed by atoms with Crippen LogP contribution in [-0.2, 0) is 9.53 Å². The van der Waals surface area contributed by atoms with E-state index in [1.807, 2.05) is 0 Å². The number of aromatic nitrogens is 1. The summed E-state index contributed by atoms with van der Waals surface area (Å²) in [6.45, 7) is 3.78. The Morgan fingerprint density at radius 3 is 3.00 bits per heavy atom. The molecule has 6 nitrogen and oxygen atoms in total. The maximum absolute atomic E-state index is 11.4. The van der Waals surface area contributed by atoms with E-state index in [1.165, 1.54) is 0 Å². The second-order valence-electron chi connectivity index (χ2n) is 3.36. The summed E-state index contributed by atoms with van der Waals surface area (Å²) in [6.07, 6.45) is 0.398. The lowest BCUT2D eigenvalue weighted by Gasteiger charge is -2.03. The first-order valence-corrected chi connectivity index (χ1v) is 5.15. The maximum Gasteiger partial charge on any atom is 0.226 e. The normalized spacial score (nSPS) is 10.4. The summed E-state index contributed by atoms with van der Waals surface area (Å²) in [7, 11) is 1.64. The lowest BCUT2D eigenvalue weighted by Crippen LogP contribution is -2.24. The maximum atomic E-state index is 11.4. The number of amides is 1. The van der Waals surface area contributed by atoms with Crippen molar-refractivity contribution < 1.29 is 14.1 Å². The zero-order chi connectivity index (χ0) is 11.8. The fourth-order valence-corrected chi connectivity index (χ4v) is 1.13. The van der Waals surface area contributed by atoms with Gasteiger partial charge in [0.15, 0.2) is 5.82 Å². The molecular weight excluding hydrogens is 210 g/mol. The van der Waals surface area contributed by atoms with Crippen LogP contribution in [0.4, 0.5) is 5.82 Å². The van der Waals surface area contributed by atoms with Crippen molar-refractivity contribution in [2.24, 2.45) is 0 Å². The minimum Gasteiger partial charge on any atom is -0.383 e. The fourth-order valence-electron chi connectivity index (χ4n) is 1.13. The molecule has 0 spiro atoms. The van der Waals surface area contributed by atoms with Crippen LogP contribution in [0.2, 0.25) is 0 Å². The van der Waals surface area contributed by atoms with Crippen molar-refractivity contribution in [2.45, 2.75) is 13.3 Å². The topological polar surface area (TPSA) is 76.4 Å². The van der Waals surface area contributed by atoms with E-state index in [2.05, 4.69) is 15.8 Å². The SMILES string of the molecule is COCCNCCC(=O)Nc1cc(C)on1. The molecule has 2 N–H and O–H groups in total. The van der Waals surface area contributed by atoms with Gasteiger partial charge in [0.25, 0.3) is 0 Å². The Morgan fingerprint density at radius 2 is 2.38 bits per heavy atom. The number of carbonyl (C=O) groups excluding carboxylic acids is 1. The summed E-state index contributed by atoms with van der Waals surface area (Å²) in [5.74, 6) is 1.05. The molecule has 0 fully saturated rings. The van der Waals surface area contributed by atoms with Gasteiger partial charge in [-0.2, -0.15) is 0 Å². The number of methoxy groups -OCH3 is 1. The lowest BCUT2D eigenvalue weighted by molar-refractivity contribution is -0.116. The third kappa shape index (κ3) is 4.90. The molecule has 1 rings (SSSR count). The highest BCUT2D eigenvalue weighted by molar-refractivity contribution is 5.89. The number of nitrogens with one attached hydrogen (secondary N) is 2. The van der Waals surface area contributed by atoms with Crippen molar-refractivity contribution in [3.05, 3.63) is 11.8 Å². The second kappa shape index (κ2) is 6.97. The Balaban J connectivity index is 2.11. The summed E-state index contributed by atoms with van der Waals surface area (Å²) < 4.78 is 9.69. The van der Waals surface area contributed by atoms with Gasteiger partial charge in [0, 0.05) is 32.7 Å². The summed E-state index contributed by atoms with van der Waals surface area (Å²) in [5.41, 5.74) is 0. The van der Waals surface area contributed by atoms with Crippen molar-refractivity contribution in [3.63, 3.8) is 0 Å². The van der Waals surface area contributed by atoms with E-state index in [4.69, 9.17) is 9.26 Å². The smallest absolute Gasteiger partial charge is 0.226 e. The lowest BCUT2D eigenvalue weighted by atomic mass is 10.4. The molecule has 1 amide bonds. The van der Waals surface area contributed by atoms with Crippen LogP contribution >= 0.6 is 0 Å². The number of anilines is 1. The Labute approximate surface area is 94.3 Å². The van der Waals surface area contributed by atoms with Crippen molar-refractivity contribution >= 4 is 11.7 Å². The van der Waals surface area contributed by atoms with E-state index >= 15 is 0 Å². The van der Waals surface area contributed by atoms with E-state index < -0.39 is 0 Å². The molecule has 1 heterocycles. The van der Waals surface area contributed by atoms with Crippen LogP contribution in [0, 0.1) is 6.92 Å². The molecular formula is C10H17N3O3. The number of rotatable bonds is 7.